The average Bonchev–Trinajstić information content (AvgIpc) is 2.78. The third-order valence-electron chi connectivity index (χ3n) is 4.83. The summed E-state index contributed by atoms with van der Waals surface area (Å²) in [5.41, 5.74) is 5.64. The quantitative estimate of drug-likeness (QED) is 0.167. The third-order valence-corrected chi connectivity index (χ3v) is 5.73. The van der Waals surface area contributed by atoms with E-state index in [-0.39, 0.29) is 68.2 Å². The van der Waals surface area contributed by atoms with Crippen LogP contribution in [0.25, 0.3) is 22.0 Å². The fourth-order valence-corrected chi connectivity index (χ4v) is 4.03. The van der Waals surface area contributed by atoms with Crippen LogP contribution in [0.4, 0.5) is 30.2 Å². The second-order valence-corrected chi connectivity index (χ2v) is 8.36. The van der Waals surface area contributed by atoms with Gasteiger partial charge in [0.05, 0.1) is 23.1 Å². The van der Waals surface area contributed by atoms with E-state index in [1.165, 1.54) is 42.6 Å². The maximum atomic E-state index is 13.3. The molecule has 0 spiro atoms. The molecular formula is C22H16F3N4NaO3S. The summed E-state index contributed by atoms with van der Waals surface area (Å²) in [6.45, 7) is 0. The number of nitrogens with zero attached hydrogens (tertiary/aromatic N) is 3. The molecule has 4 rings (SSSR count). The molecule has 0 aliphatic rings. The monoisotopic (exact) mass is 496 g/mol. The summed E-state index contributed by atoms with van der Waals surface area (Å²) < 4.78 is 72.9. The van der Waals surface area contributed by atoms with E-state index >= 15 is 0 Å². The number of alkyl halides is 3. The van der Waals surface area contributed by atoms with Crippen LogP contribution in [-0.4, -0.2) is 47.5 Å². The fourth-order valence-electron chi connectivity index (χ4n) is 3.32. The van der Waals surface area contributed by atoms with Crippen molar-refractivity contribution in [1.29, 1.82) is 0 Å². The zero-order chi connectivity index (χ0) is 23.8. The van der Waals surface area contributed by atoms with Crippen molar-refractivity contribution in [3.8, 4) is 11.3 Å². The summed E-state index contributed by atoms with van der Waals surface area (Å²) in [6, 6.07) is 15.3. The van der Waals surface area contributed by atoms with Gasteiger partial charge in [-0.05, 0) is 24.3 Å². The van der Waals surface area contributed by atoms with Crippen molar-refractivity contribution in [3.63, 3.8) is 0 Å². The number of pyridine rings is 1. The number of nitrogen functional groups attached to an aromatic ring is 1. The Morgan fingerprint density at radius 2 is 1.56 bits per heavy atom. The number of nitrogens with two attached hydrogens (primary N) is 1. The Morgan fingerprint density at radius 3 is 2.18 bits per heavy atom. The van der Waals surface area contributed by atoms with Gasteiger partial charge in [0, 0.05) is 16.3 Å². The van der Waals surface area contributed by atoms with E-state index in [1.54, 1.807) is 18.2 Å². The van der Waals surface area contributed by atoms with Gasteiger partial charge >= 0.3 is 35.7 Å². The number of halogens is 3. The van der Waals surface area contributed by atoms with Crippen LogP contribution in [0.5, 0.6) is 0 Å². The second kappa shape index (κ2) is 9.80. The molecule has 0 fully saturated rings. The number of aromatic nitrogens is 1. The van der Waals surface area contributed by atoms with Crippen LogP contribution in [0.15, 0.2) is 88.1 Å². The number of hydrogen-bond donors (Lipinski definition) is 2. The van der Waals surface area contributed by atoms with Gasteiger partial charge in [0.1, 0.15) is 16.3 Å². The summed E-state index contributed by atoms with van der Waals surface area (Å²) in [5, 5.41) is 8.51. The van der Waals surface area contributed by atoms with Gasteiger partial charge in [-0.2, -0.15) is 21.6 Å². The van der Waals surface area contributed by atoms with Crippen molar-refractivity contribution < 1.29 is 26.1 Å². The predicted molar refractivity (Wildman–Crippen MR) is 124 cm³/mol. The van der Waals surface area contributed by atoms with Gasteiger partial charge in [-0.15, -0.1) is 10.2 Å². The number of fused-ring (bicyclic) bond motifs is 1. The second-order valence-electron chi connectivity index (χ2n) is 6.97. The number of benzene rings is 3. The molecular weight excluding hydrogens is 480 g/mol. The van der Waals surface area contributed by atoms with E-state index in [2.05, 4.69) is 15.2 Å². The normalized spacial score (nSPS) is 12.1. The molecule has 0 aliphatic carbocycles. The third kappa shape index (κ3) is 5.29. The van der Waals surface area contributed by atoms with Gasteiger partial charge < -0.3 is 5.73 Å². The Bertz CT molecular complexity index is 1490. The summed E-state index contributed by atoms with van der Waals surface area (Å²) in [7, 11) is -4.57. The predicted octanol–water partition coefficient (Wildman–Crippen LogP) is 5.52. The first kappa shape index (κ1) is 25.8. The van der Waals surface area contributed by atoms with E-state index in [9.17, 15) is 26.1 Å². The van der Waals surface area contributed by atoms with E-state index in [0.717, 1.165) is 12.1 Å². The molecule has 4 aromatic rings. The Morgan fingerprint density at radius 1 is 0.912 bits per heavy atom. The molecule has 0 unspecified atom stereocenters. The van der Waals surface area contributed by atoms with Crippen molar-refractivity contribution >= 4 is 67.5 Å². The zero-order valence-electron chi connectivity index (χ0n) is 16.7. The van der Waals surface area contributed by atoms with Crippen LogP contribution < -0.4 is 5.73 Å². The Kier molecular flexibility index (Phi) is 7.44. The maximum absolute atomic E-state index is 13.3. The van der Waals surface area contributed by atoms with E-state index in [1.807, 2.05) is 0 Å². The van der Waals surface area contributed by atoms with E-state index < -0.39 is 21.9 Å². The van der Waals surface area contributed by atoms with Crippen molar-refractivity contribution in [2.24, 2.45) is 10.2 Å². The number of rotatable bonds is 4. The summed E-state index contributed by atoms with van der Waals surface area (Å²) in [6.07, 6.45) is -3.30. The molecule has 0 saturated carbocycles. The first-order valence-electron chi connectivity index (χ1n) is 9.39. The van der Waals surface area contributed by atoms with Gasteiger partial charge in [-0.3, -0.25) is 9.54 Å². The van der Waals surface area contributed by atoms with Crippen LogP contribution >= 0.6 is 0 Å². The van der Waals surface area contributed by atoms with Gasteiger partial charge in [0.2, 0.25) is 0 Å². The molecule has 34 heavy (non-hydrogen) atoms. The fraction of sp³-hybridized carbons (Fsp3) is 0.0455. The molecule has 3 aromatic carbocycles. The number of hydrogen-bond acceptors (Lipinski definition) is 6. The Hall–Kier alpha value is -2.83. The van der Waals surface area contributed by atoms with Gasteiger partial charge in [0.25, 0.3) is 10.1 Å². The van der Waals surface area contributed by atoms with Crippen molar-refractivity contribution in [2.75, 3.05) is 5.73 Å². The van der Waals surface area contributed by atoms with Crippen LogP contribution in [0.1, 0.15) is 5.56 Å². The van der Waals surface area contributed by atoms with E-state index in [0.29, 0.717) is 5.39 Å². The first-order valence-corrected chi connectivity index (χ1v) is 10.8. The van der Waals surface area contributed by atoms with Crippen LogP contribution in [0.2, 0.25) is 0 Å². The Balaban J connectivity index is 0.00000324. The molecule has 0 atom stereocenters. The van der Waals surface area contributed by atoms with Crippen molar-refractivity contribution in [1.82, 2.24) is 4.98 Å². The van der Waals surface area contributed by atoms with Gasteiger partial charge in [0.15, 0.2) is 0 Å². The van der Waals surface area contributed by atoms with Crippen LogP contribution in [-0.2, 0) is 16.3 Å². The molecule has 0 saturated heterocycles. The average molecular weight is 496 g/mol. The summed E-state index contributed by atoms with van der Waals surface area (Å²) >= 11 is 0. The molecule has 3 N–H and O–H groups in total. The van der Waals surface area contributed by atoms with Crippen LogP contribution in [0, 0.1) is 0 Å². The minimum atomic E-state index is -4.57. The molecule has 7 nitrogen and oxygen atoms in total. The minimum absolute atomic E-state index is 0. The summed E-state index contributed by atoms with van der Waals surface area (Å²) in [4.78, 5) is 3.67. The number of anilines is 1. The molecule has 0 amide bonds. The van der Waals surface area contributed by atoms with Crippen molar-refractivity contribution in [3.05, 3.63) is 78.5 Å². The molecule has 170 valence electrons. The molecule has 0 bridgehead atoms. The van der Waals surface area contributed by atoms with E-state index in [4.69, 9.17) is 5.73 Å². The molecule has 12 heteroatoms. The van der Waals surface area contributed by atoms with Gasteiger partial charge in [-0.1, -0.05) is 42.5 Å². The van der Waals surface area contributed by atoms with Gasteiger partial charge in [-0.25, -0.2) is 0 Å². The van der Waals surface area contributed by atoms with Crippen molar-refractivity contribution in [2.45, 2.75) is 11.1 Å². The standard InChI is InChI=1S/C22H15F3N4O3S.Na.H/c23-22(24,25)17-8-4-3-7-16(17)18-10-9-13(12-27-18)28-29-19-11-20(33(30,31)32)14-5-1-2-6-15(14)21(19)26;;/h1-12H,26H2,(H,30,31,32);;/b29-28+;;. The number of azo groups is 1. The molecule has 1 aromatic heterocycles. The first-order chi connectivity index (χ1) is 15.6. The van der Waals surface area contributed by atoms with Crippen LogP contribution in [0.3, 0.4) is 0 Å². The SMILES string of the molecule is Nc1c(/N=N/c2ccc(-c3ccccc3C(F)(F)F)nc2)cc(S(=O)(=O)O)c2ccccc12.[NaH]. The summed E-state index contributed by atoms with van der Waals surface area (Å²) in [5.74, 6) is 0. The molecule has 0 aliphatic heterocycles. The molecule has 0 radical (unpaired) electrons. The Labute approximate surface area is 214 Å². The topological polar surface area (TPSA) is 118 Å². The molecule has 1 heterocycles. The zero-order valence-corrected chi connectivity index (χ0v) is 17.5.